The third-order valence-corrected chi connectivity index (χ3v) is 5.29. The fourth-order valence-electron chi connectivity index (χ4n) is 3.23. The van der Waals surface area contributed by atoms with Gasteiger partial charge in [-0.15, -0.1) is 0 Å². The normalized spacial score (nSPS) is 10.6. The minimum atomic E-state index is -0.904. The van der Waals surface area contributed by atoms with Crippen LogP contribution in [0, 0.1) is 20.8 Å². The molecule has 0 radical (unpaired) electrons. The molecule has 3 N–H and O–H groups in total. The van der Waals surface area contributed by atoms with E-state index < -0.39 is 11.8 Å². The van der Waals surface area contributed by atoms with Gasteiger partial charge in [0.05, 0.1) is 13.3 Å². The Labute approximate surface area is 209 Å². The molecule has 3 rings (SSSR count). The molecule has 9 heteroatoms. The summed E-state index contributed by atoms with van der Waals surface area (Å²) in [6.07, 6.45) is 1.36. The van der Waals surface area contributed by atoms with Gasteiger partial charge in [-0.25, -0.2) is 5.43 Å². The highest BCUT2D eigenvalue weighted by Gasteiger charge is 2.14. The first-order valence-electron chi connectivity index (χ1n) is 11.1. The number of aryl methyl sites for hydroxylation is 2. The van der Waals surface area contributed by atoms with Crippen molar-refractivity contribution in [3.05, 3.63) is 82.9 Å². The van der Waals surface area contributed by atoms with Crippen LogP contribution in [0.4, 0.5) is 11.4 Å². The maximum Gasteiger partial charge on any atom is 0.329 e. The van der Waals surface area contributed by atoms with E-state index in [2.05, 4.69) is 21.2 Å². The van der Waals surface area contributed by atoms with Gasteiger partial charge in [-0.2, -0.15) is 5.10 Å². The lowest BCUT2D eigenvalue weighted by atomic mass is 10.1. The van der Waals surface area contributed by atoms with Gasteiger partial charge >= 0.3 is 11.8 Å². The van der Waals surface area contributed by atoms with E-state index in [0.29, 0.717) is 28.4 Å². The molecular weight excluding hydrogens is 460 g/mol. The number of nitrogens with zero attached hydrogens (tertiary/aromatic N) is 1. The Morgan fingerprint density at radius 3 is 2.42 bits per heavy atom. The van der Waals surface area contributed by atoms with E-state index in [9.17, 15) is 14.4 Å². The lowest BCUT2D eigenvalue weighted by Gasteiger charge is -2.11. The van der Waals surface area contributed by atoms with Crippen LogP contribution in [0.3, 0.4) is 0 Å². The number of hydrogen-bond donors (Lipinski definition) is 3. The second kappa shape index (κ2) is 12.2. The Morgan fingerprint density at radius 1 is 0.889 bits per heavy atom. The number of ether oxygens (including phenoxy) is 2. The number of rotatable bonds is 8. The zero-order valence-corrected chi connectivity index (χ0v) is 20.5. The van der Waals surface area contributed by atoms with Crippen LogP contribution < -0.4 is 25.5 Å². The zero-order valence-electron chi connectivity index (χ0n) is 20.5. The Bertz CT molecular complexity index is 1300. The molecule has 0 unspecified atom stereocenters. The van der Waals surface area contributed by atoms with Crippen LogP contribution in [0.15, 0.2) is 65.8 Å². The number of benzene rings is 3. The molecule has 9 nitrogen and oxygen atoms in total. The fourth-order valence-corrected chi connectivity index (χ4v) is 3.23. The lowest BCUT2D eigenvalue weighted by Crippen LogP contribution is -2.32. The predicted molar refractivity (Wildman–Crippen MR) is 139 cm³/mol. The summed E-state index contributed by atoms with van der Waals surface area (Å²) in [5.74, 6) is -1.30. The van der Waals surface area contributed by atoms with Crippen LogP contribution in [-0.2, 0) is 14.4 Å². The Hall–Kier alpha value is -4.66. The van der Waals surface area contributed by atoms with Crippen LogP contribution in [-0.4, -0.2) is 37.7 Å². The smallest absolute Gasteiger partial charge is 0.329 e. The molecule has 36 heavy (non-hydrogen) atoms. The van der Waals surface area contributed by atoms with Crippen molar-refractivity contribution in [2.24, 2.45) is 5.10 Å². The molecular formula is C27H28N4O5. The number of carbonyl (C=O) groups is 3. The van der Waals surface area contributed by atoms with Crippen molar-refractivity contribution in [3.8, 4) is 11.5 Å². The average molecular weight is 489 g/mol. The first-order chi connectivity index (χ1) is 17.3. The predicted octanol–water partition coefficient (Wildman–Crippen LogP) is 3.73. The van der Waals surface area contributed by atoms with Crippen molar-refractivity contribution in [2.45, 2.75) is 20.8 Å². The van der Waals surface area contributed by atoms with Crippen molar-refractivity contribution >= 4 is 35.3 Å². The van der Waals surface area contributed by atoms with E-state index in [1.807, 2.05) is 45.0 Å². The largest absolute Gasteiger partial charge is 0.493 e. The monoisotopic (exact) mass is 488 g/mol. The number of amides is 3. The molecule has 0 bridgehead atoms. The average Bonchev–Trinajstić information content (AvgIpc) is 2.85. The van der Waals surface area contributed by atoms with Crippen LogP contribution in [0.25, 0.3) is 0 Å². The number of nitrogens with one attached hydrogen (secondary N) is 3. The summed E-state index contributed by atoms with van der Waals surface area (Å²) in [5.41, 5.74) is 6.94. The van der Waals surface area contributed by atoms with Gasteiger partial charge in [-0.3, -0.25) is 14.4 Å². The van der Waals surface area contributed by atoms with Gasteiger partial charge in [0.25, 0.3) is 5.91 Å². The minimum Gasteiger partial charge on any atom is -0.493 e. The molecule has 0 fully saturated rings. The quantitative estimate of drug-likeness (QED) is 0.254. The van der Waals surface area contributed by atoms with E-state index in [4.69, 9.17) is 9.47 Å². The molecule has 0 saturated carbocycles. The first-order valence-corrected chi connectivity index (χ1v) is 11.1. The van der Waals surface area contributed by atoms with Crippen molar-refractivity contribution in [1.82, 2.24) is 5.43 Å². The molecule has 3 aromatic rings. The van der Waals surface area contributed by atoms with Gasteiger partial charge in [0.2, 0.25) is 0 Å². The molecule has 0 heterocycles. The fraction of sp³-hybridized carbons (Fsp3) is 0.185. The van der Waals surface area contributed by atoms with Crippen LogP contribution in [0.2, 0.25) is 0 Å². The highest BCUT2D eigenvalue weighted by Crippen LogP contribution is 2.27. The number of methoxy groups -OCH3 is 1. The summed E-state index contributed by atoms with van der Waals surface area (Å²) in [7, 11) is 1.47. The van der Waals surface area contributed by atoms with E-state index in [1.54, 1.807) is 36.4 Å². The molecule has 0 aromatic heterocycles. The van der Waals surface area contributed by atoms with Crippen molar-refractivity contribution in [1.29, 1.82) is 0 Å². The van der Waals surface area contributed by atoms with Gasteiger partial charge < -0.3 is 20.1 Å². The molecule has 0 aliphatic carbocycles. The maximum atomic E-state index is 12.2. The minimum absolute atomic E-state index is 0.205. The first kappa shape index (κ1) is 26.0. The number of hydrazone groups is 1. The summed E-state index contributed by atoms with van der Waals surface area (Å²) >= 11 is 0. The van der Waals surface area contributed by atoms with E-state index in [-0.39, 0.29) is 12.5 Å². The summed E-state index contributed by atoms with van der Waals surface area (Å²) in [5, 5.41) is 9.18. The second-order valence-electron chi connectivity index (χ2n) is 8.02. The molecule has 186 valence electrons. The molecule has 0 spiro atoms. The maximum absolute atomic E-state index is 12.2. The van der Waals surface area contributed by atoms with Gasteiger partial charge in [-0.1, -0.05) is 24.3 Å². The molecule has 0 aliphatic rings. The molecule has 0 aliphatic heterocycles. The van der Waals surface area contributed by atoms with Crippen molar-refractivity contribution < 1.29 is 23.9 Å². The second-order valence-corrected chi connectivity index (χ2v) is 8.02. The Morgan fingerprint density at radius 2 is 1.67 bits per heavy atom. The lowest BCUT2D eigenvalue weighted by molar-refractivity contribution is -0.136. The van der Waals surface area contributed by atoms with Gasteiger partial charge in [0, 0.05) is 11.4 Å². The number of hydrogen-bond acceptors (Lipinski definition) is 6. The molecule has 3 amide bonds. The van der Waals surface area contributed by atoms with Crippen molar-refractivity contribution in [2.75, 3.05) is 24.4 Å². The molecule has 0 atom stereocenters. The van der Waals surface area contributed by atoms with Gasteiger partial charge in [0.1, 0.15) is 0 Å². The van der Waals surface area contributed by atoms with E-state index >= 15 is 0 Å². The van der Waals surface area contributed by atoms with Gasteiger partial charge in [-0.05, 0) is 79.4 Å². The Balaban J connectivity index is 1.54. The third-order valence-electron chi connectivity index (χ3n) is 5.29. The number of anilines is 2. The Kier molecular flexibility index (Phi) is 8.77. The van der Waals surface area contributed by atoms with Crippen LogP contribution >= 0.6 is 0 Å². The van der Waals surface area contributed by atoms with E-state index in [1.165, 1.54) is 13.3 Å². The SMILES string of the molecule is COc1cc(/C=N\NC(=O)C(=O)Nc2cccc(C)c2C)ccc1OCC(=O)Nc1cccc(C)c1. The highest BCUT2D eigenvalue weighted by molar-refractivity contribution is 6.39. The third kappa shape index (κ3) is 7.17. The summed E-state index contributed by atoms with van der Waals surface area (Å²) < 4.78 is 10.9. The number of carbonyl (C=O) groups excluding carboxylic acids is 3. The van der Waals surface area contributed by atoms with E-state index in [0.717, 1.165) is 16.7 Å². The summed E-state index contributed by atoms with van der Waals surface area (Å²) in [6, 6.07) is 17.8. The summed E-state index contributed by atoms with van der Waals surface area (Å²) in [4.78, 5) is 36.4. The van der Waals surface area contributed by atoms with Crippen LogP contribution in [0.1, 0.15) is 22.3 Å². The molecule has 0 saturated heterocycles. The van der Waals surface area contributed by atoms with Crippen molar-refractivity contribution in [3.63, 3.8) is 0 Å². The van der Waals surface area contributed by atoms with Gasteiger partial charge in [0.15, 0.2) is 18.1 Å². The summed E-state index contributed by atoms with van der Waals surface area (Å²) in [6.45, 7) is 5.51. The van der Waals surface area contributed by atoms with Crippen LogP contribution in [0.5, 0.6) is 11.5 Å². The molecule has 3 aromatic carbocycles. The standard InChI is InChI=1S/C27H28N4O5/c1-17-7-5-9-21(13-17)29-25(32)16-36-23-12-11-20(14-24(23)35-4)15-28-31-27(34)26(33)30-22-10-6-8-18(2)19(22)3/h5-15H,16H2,1-4H3,(H,29,32)(H,30,33)(H,31,34)/b28-15-. The topological polar surface area (TPSA) is 118 Å². The highest BCUT2D eigenvalue weighted by atomic mass is 16.5. The zero-order chi connectivity index (χ0) is 26.1.